The molecule has 0 saturated carbocycles. The first kappa shape index (κ1) is 11.8. The standard InChI is InChI=1S/C11H8O3/c1-14-11(13)9-7-5-3-2-4-6-8-10-12/h6,8,12H,10H2,1H3. The van der Waals surface area contributed by atoms with Gasteiger partial charge in [0.2, 0.25) is 0 Å². The molecule has 0 unspecified atom stereocenters. The Hall–Kier alpha value is -2.15. The second-order valence-electron chi connectivity index (χ2n) is 1.85. The summed E-state index contributed by atoms with van der Waals surface area (Å²) < 4.78 is 4.25. The van der Waals surface area contributed by atoms with Crippen molar-refractivity contribution in [3.63, 3.8) is 0 Å². The molecule has 0 saturated heterocycles. The van der Waals surface area contributed by atoms with Crippen molar-refractivity contribution in [2.24, 2.45) is 0 Å². The molecule has 0 spiro atoms. The van der Waals surface area contributed by atoms with E-state index in [1.54, 1.807) is 0 Å². The molecular formula is C11H8O3. The second kappa shape index (κ2) is 8.94. The number of esters is 1. The lowest BCUT2D eigenvalue weighted by Gasteiger charge is -1.81. The molecule has 0 bridgehead atoms. The van der Waals surface area contributed by atoms with Crippen molar-refractivity contribution in [3.05, 3.63) is 12.2 Å². The first-order valence-electron chi connectivity index (χ1n) is 3.66. The highest BCUT2D eigenvalue weighted by Gasteiger charge is 1.85. The number of ether oxygens (including phenoxy) is 1. The van der Waals surface area contributed by atoms with E-state index in [1.165, 1.54) is 19.3 Å². The molecule has 0 amide bonds. The zero-order valence-corrected chi connectivity index (χ0v) is 7.63. The van der Waals surface area contributed by atoms with Gasteiger partial charge in [0.15, 0.2) is 0 Å². The maximum absolute atomic E-state index is 10.4. The number of hydrogen-bond donors (Lipinski definition) is 1. The zero-order valence-electron chi connectivity index (χ0n) is 7.63. The normalized spacial score (nSPS) is 7.29. The van der Waals surface area contributed by atoms with Crippen LogP contribution in [-0.2, 0) is 9.53 Å². The van der Waals surface area contributed by atoms with Crippen LogP contribution in [-0.4, -0.2) is 24.8 Å². The Morgan fingerprint density at radius 2 is 2.07 bits per heavy atom. The first-order valence-corrected chi connectivity index (χ1v) is 3.66. The van der Waals surface area contributed by atoms with Crippen molar-refractivity contribution in [2.75, 3.05) is 13.7 Å². The Labute approximate surface area is 82.8 Å². The third-order valence-corrected chi connectivity index (χ3v) is 0.916. The van der Waals surface area contributed by atoms with Crippen LogP contribution in [0.25, 0.3) is 0 Å². The van der Waals surface area contributed by atoms with Gasteiger partial charge in [-0.05, 0) is 29.8 Å². The number of aliphatic hydroxyl groups excluding tert-OH is 1. The summed E-state index contributed by atoms with van der Waals surface area (Å²) >= 11 is 0. The molecular weight excluding hydrogens is 180 g/mol. The van der Waals surface area contributed by atoms with Crippen LogP contribution in [0.5, 0.6) is 0 Å². The SMILES string of the molecule is COC(=O)C#CC#CC#CC=CCO. The van der Waals surface area contributed by atoms with Crippen molar-refractivity contribution in [1.29, 1.82) is 0 Å². The molecule has 70 valence electrons. The number of allylic oxidation sites excluding steroid dienone is 1. The van der Waals surface area contributed by atoms with Gasteiger partial charge >= 0.3 is 5.97 Å². The maximum atomic E-state index is 10.4. The molecule has 0 radical (unpaired) electrons. The Morgan fingerprint density at radius 1 is 1.36 bits per heavy atom. The highest BCUT2D eigenvalue weighted by atomic mass is 16.5. The largest absolute Gasteiger partial charge is 0.459 e. The van der Waals surface area contributed by atoms with Gasteiger partial charge in [-0.15, -0.1) is 0 Å². The topological polar surface area (TPSA) is 46.5 Å². The fourth-order valence-electron chi connectivity index (χ4n) is 0.385. The van der Waals surface area contributed by atoms with Gasteiger partial charge in [-0.3, -0.25) is 0 Å². The van der Waals surface area contributed by atoms with Gasteiger partial charge in [0.25, 0.3) is 0 Å². The van der Waals surface area contributed by atoms with Gasteiger partial charge < -0.3 is 9.84 Å². The fraction of sp³-hybridized carbons (Fsp3) is 0.182. The highest BCUT2D eigenvalue weighted by Crippen LogP contribution is 1.67. The van der Waals surface area contributed by atoms with Crippen molar-refractivity contribution in [2.45, 2.75) is 0 Å². The quantitative estimate of drug-likeness (QED) is 0.349. The smallest absolute Gasteiger partial charge is 0.385 e. The van der Waals surface area contributed by atoms with Gasteiger partial charge in [0.05, 0.1) is 13.7 Å². The zero-order chi connectivity index (χ0) is 10.6. The van der Waals surface area contributed by atoms with E-state index in [-0.39, 0.29) is 6.61 Å². The summed E-state index contributed by atoms with van der Waals surface area (Å²) in [6, 6.07) is 0. The molecule has 0 rings (SSSR count). The van der Waals surface area contributed by atoms with Gasteiger partial charge in [0.1, 0.15) is 0 Å². The third kappa shape index (κ3) is 7.95. The predicted molar refractivity (Wildman–Crippen MR) is 51.6 cm³/mol. The van der Waals surface area contributed by atoms with Crippen LogP contribution in [0, 0.1) is 35.5 Å². The predicted octanol–water partition coefficient (Wildman–Crippen LogP) is -0.282. The van der Waals surface area contributed by atoms with Crippen molar-refractivity contribution in [1.82, 2.24) is 0 Å². The minimum Gasteiger partial charge on any atom is -0.459 e. The van der Waals surface area contributed by atoms with E-state index in [1.807, 2.05) is 0 Å². The molecule has 14 heavy (non-hydrogen) atoms. The molecule has 1 N–H and O–H groups in total. The van der Waals surface area contributed by atoms with Crippen LogP contribution >= 0.6 is 0 Å². The first-order chi connectivity index (χ1) is 6.81. The Kier molecular flexibility index (Phi) is 7.57. The van der Waals surface area contributed by atoms with Gasteiger partial charge in [-0.2, -0.15) is 0 Å². The van der Waals surface area contributed by atoms with Gasteiger partial charge in [-0.1, -0.05) is 12.0 Å². The molecule has 0 fully saturated rings. The third-order valence-electron chi connectivity index (χ3n) is 0.916. The van der Waals surface area contributed by atoms with Crippen LogP contribution in [0.3, 0.4) is 0 Å². The summed E-state index contributed by atoms with van der Waals surface area (Å²) in [6.45, 7) is -0.0513. The molecule has 0 aliphatic heterocycles. The van der Waals surface area contributed by atoms with Gasteiger partial charge in [0, 0.05) is 5.92 Å². The van der Waals surface area contributed by atoms with E-state index in [4.69, 9.17) is 5.11 Å². The van der Waals surface area contributed by atoms with Crippen LogP contribution in [0.2, 0.25) is 0 Å². The van der Waals surface area contributed by atoms with Crippen LogP contribution in [0.15, 0.2) is 12.2 Å². The number of aliphatic hydroxyl groups is 1. The number of methoxy groups -OCH3 is 1. The molecule has 0 aliphatic carbocycles. The molecule has 0 aromatic heterocycles. The summed E-state index contributed by atoms with van der Waals surface area (Å²) in [7, 11) is 1.24. The fourth-order valence-corrected chi connectivity index (χ4v) is 0.385. The van der Waals surface area contributed by atoms with E-state index in [0.29, 0.717) is 0 Å². The number of carbonyl (C=O) groups excluding carboxylic acids is 1. The monoisotopic (exact) mass is 188 g/mol. The molecule has 0 aromatic carbocycles. The minimum absolute atomic E-state index is 0.0513. The summed E-state index contributed by atoms with van der Waals surface area (Å²) in [5.74, 6) is 13.5. The molecule has 0 heterocycles. The van der Waals surface area contributed by atoms with E-state index in [9.17, 15) is 4.79 Å². The lowest BCUT2D eigenvalue weighted by molar-refractivity contribution is -0.133. The van der Waals surface area contributed by atoms with E-state index >= 15 is 0 Å². The lowest BCUT2D eigenvalue weighted by atomic mass is 10.4. The van der Waals surface area contributed by atoms with Crippen molar-refractivity contribution >= 4 is 5.97 Å². The van der Waals surface area contributed by atoms with Crippen LogP contribution < -0.4 is 0 Å². The molecule has 0 aromatic rings. The molecule has 0 atom stereocenters. The van der Waals surface area contributed by atoms with Crippen LogP contribution in [0.4, 0.5) is 0 Å². The number of rotatable bonds is 1. The molecule has 3 nitrogen and oxygen atoms in total. The highest BCUT2D eigenvalue weighted by molar-refractivity contribution is 5.88. The molecule has 3 heteroatoms. The van der Waals surface area contributed by atoms with E-state index in [2.05, 4.69) is 40.3 Å². The Bertz CT molecular complexity index is 385. The summed E-state index contributed by atoms with van der Waals surface area (Å²) in [5.41, 5.74) is 0. The Balaban J connectivity index is 4.03. The average molecular weight is 188 g/mol. The number of hydrogen-bond acceptors (Lipinski definition) is 3. The van der Waals surface area contributed by atoms with E-state index in [0.717, 1.165) is 0 Å². The summed E-state index contributed by atoms with van der Waals surface area (Å²) in [4.78, 5) is 10.4. The van der Waals surface area contributed by atoms with Crippen molar-refractivity contribution in [3.8, 4) is 35.5 Å². The summed E-state index contributed by atoms with van der Waals surface area (Å²) in [6.07, 6.45) is 2.96. The summed E-state index contributed by atoms with van der Waals surface area (Å²) in [5, 5.41) is 8.33. The minimum atomic E-state index is -0.632. The van der Waals surface area contributed by atoms with Gasteiger partial charge in [-0.25, -0.2) is 4.79 Å². The Morgan fingerprint density at radius 3 is 2.71 bits per heavy atom. The van der Waals surface area contributed by atoms with Crippen molar-refractivity contribution < 1.29 is 14.6 Å². The number of carbonyl (C=O) groups is 1. The maximum Gasteiger partial charge on any atom is 0.385 e. The second-order valence-corrected chi connectivity index (χ2v) is 1.85. The average Bonchev–Trinajstić information content (AvgIpc) is 2.21. The lowest BCUT2D eigenvalue weighted by Crippen LogP contribution is -1.93. The van der Waals surface area contributed by atoms with Crippen LogP contribution in [0.1, 0.15) is 0 Å². The van der Waals surface area contributed by atoms with E-state index < -0.39 is 5.97 Å². The molecule has 0 aliphatic rings.